The molecule has 4 unspecified atom stereocenters. The summed E-state index contributed by atoms with van der Waals surface area (Å²) in [6.07, 6.45) is -3.31. The number of rotatable bonds is 9. The van der Waals surface area contributed by atoms with Crippen molar-refractivity contribution >= 4 is 16.1 Å². The molecule has 27 heavy (non-hydrogen) atoms. The maximum Gasteiger partial charge on any atom is 0.430 e. The number of carbonyl (C=O) groups excluding carboxylic acids is 1. The molecule has 0 aliphatic heterocycles. The summed E-state index contributed by atoms with van der Waals surface area (Å²) in [7, 11) is -5.99. The quantitative estimate of drug-likeness (QED) is 0.234. The zero-order valence-electron chi connectivity index (χ0n) is 15.4. The van der Waals surface area contributed by atoms with Gasteiger partial charge < -0.3 is 24.8 Å². The minimum Gasteiger partial charge on any atom is -0.426 e. The maximum atomic E-state index is 13.2. The topological polar surface area (TPSA) is 151 Å². The van der Waals surface area contributed by atoms with Gasteiger partial charge in [0.1, 0.15) is 6.61 Å². The van der Waals surface area contributed by atoms with E-state index in [1.165, 1.54) is 13.8 Å². The van der Waals surface area contributed by atoms with Crippen molar-refractivity contribution in [3.63, 3.8) is 0 Å². The molecule has 0 aromatic heterocycles. The summed E-state index contributed by atoms with van der Waals surface area (Å²) in [6, 6.07) is 0. The van der Waals surface area contributed by atoms with Crippen LogP contribution in [0.2, 0.25) is 0 Å². The second-order valence-electron chi connectivity index (χ2n) is 7.93. The van der Waals surface area contributed by atoms with E-state index in [0.717, 1.165) is 0 Å². The van der Waals surface area contributed by atoms with E-state index in [-0.39, 0.29) is 5.92 Å². The van der Waals surface area contributed by atoms with E-state index < -0.39 is 57.5 Å². The molecule has 9 nitrogen and oxygen atoms in total. The van der Waals surface area contributed by atoms with Crippen molar-refractivity contribution in [2.45, 2.75) is 69.4 Å². The Hall–Kier alpha value is -0.920. The third-order valence-electron chi connectivity index (χ3n) is 4.36. The highest BCUT2D eigenvalue weighted by Crippen LogP contribution is 2.46. The van der Waals surface area contributed by atoms with Crippen molar-refractivity contribution in [2.24, 2.45) is 11.8 Å². The van der Waals surface area contributed by atoms with Crippen LogP contribution in [0.15, 0.2) is 0 Å². The van der Waals surface area contributed by atoms with E-state index >= 15 is 0 Å². The summed E-state index contributed by atoms with van der Waals surface area (Å²) < 4.78 is 64.9. The van der Waals surface area contributed by atoms with E-state index in [4.69, 9.17) is 14.4 Å². The van der Waals surface area contributed by atoms with Gasteiger partial charge in [0.2, 0.25) is 0 Å². The van der Waals surface area contributed by atoms with Gasteiger partial charge in [-0.1, -0.05) is 0 Å². The van der Waals surface area contributed by atoms with Crippen LogP contribution in [0.5, 0.6) is 0 Å². The molecule has 0 aromatic rings. The zero-order valence-corrected chi connectivity index (χ0v) is 16.2. The molecule has 0 radical (unpaired) electrons. The fraction of sp³-hybridized carbons (Fsp3) is 0.933. The van der Waals surface area contributed by atoms with Gasteiger partial charge in [-0.15, -0.1) is 0 Å². The van der Waals surface area contributed by atoms with Crippen molar-refractivity contribution in [3.8, 4) is 0 Å². The Morgan fingerprint density at radius 2 is 1.74 bits per heavy atom. The number of alkyl halides is 2. The molecule has 1 aliphatic rings. The first kappa shape index (κ1) is 24.1. The molecule has 12 heteroatoms. The van der Waals surface area contributed by atoms with Gasteiger partial charge in [-0.3, -0.25) is 4.55 Å². The van der Waals surface area contributed by atoms with Crippen LogP contribution in [0.25, 0.3) is 0 Å². The SMILES string of the molecule is CC(C)(O)CC1CC(C(C)(C)O)C1OCC(=O)OC(O)C(F)(F)S(=O)(=O)O. The Kier molecular flexibility index (Phi) is 7.00. The van der Waals surface area contributed by atoms with E-state index in [2.05, 4.69) is 4.74 Å². The molecule has 0 bridgehead atoms. The van der Waals surface area contributed by atoms with Gasteiger partial charge in [0.25, 0.3) is 6.29 Å². The molecular weight excluding hydrogens is 394 g/mol. The predicted octanol–water partition coefficient (Wildman–Crippen LogP) is 0.282. The summed E-state index contributed by atoms with van der Waals surface area (Å²) in [6.45, 7) is 5.30. The Labute approximate surface area is 156 Å². The number of carbonyl (C=O) groups is 1. The first-order chi connectivity index (χ1) is 11.9. The molecule has 160 valence electrons. The highest BCUT2D eigenvalue weighted by molar-refractivity contribution is 7.86. The van der Waals surface area contributed by atoms with Gasteiger partial charge in [0, 0.05) is 5.92 Å². The van der Waals surface area contributed by atoms with Crippen LogP contribution in [-0.4, -0.2) is 69.7 Å². The summed E-state index contributed by atoms with van der Waals surface area (Å²) in [5.41, 5.74) is -2.20. The van der Waals surface area contributed by atoms with Gasteiger partial charge in [0.15, 0.2) is 0 Å². The molecule has 1 saturated carbocycles. The smallest absolute Gasteiger partial charge is 0.426 e. The summed E-state index contributed by atoms with van der Waals surface area (Å²) in [5, 5.41) is 24.0. The third-order valence-corrected chi connectivity index (χ3v) is 5.24. The Balaban J connectivity index is 2.70. The number of hydrogen-bond acceptors (Lipinski definition) is 8. The van der Waals surface area contributed by atoms with Crippen LogP contribution in [-0.2, 0) is 24.4 Å². The van der Waals surface area contributed by atoms with Gasteiger partial charge in [0.05, 0.1) is 17.3 Å². The molecule has 4 N–H and O–H groups in total. The highest BCUT2D eigenvalue weighted by atomic mass is 32.2. The molecule has 1 aliphatic carbocycles. The fourth-order valence-corrected chi connectivity index (χ4v) is 3.33. The largest absolute Gasteiger partial charge is 0.430 e. The lowest BCUT2D eigenvalue weighted by atomic mass is 9.62. The molecule has 1 fully saturated rings. The monoisotopic (exact) mass is 420 g/mol. The molecule has 4 atom stereocenters. The standard InChI is InChI=1S/C15H26F2O9S/c1-13(2,20)6-8-5-9(14(3,4)21)11(8)25-7-10(18)26-12(19)15(16,17)27(22,23)24/h8-9,11-12,19-21H,5-7H2,1-4H3,(H,22,23,24). The zero-order chi connectivity index (χ0) is 21.4. The van der Waals surface area contributed by atoms with Gasteiger partial charge in [-0.25, -0.2) is 4.79 Å². The van der Waals surface area contributed by atoms with E-state index in [1.807, 2.05) is 0 Å². The molecule has 0 saturated heterocycles. The molecule has 0 aromatic carbocycles. The predicted molar refractivity (Wildman–Crippen MR) is 87.1 cm³/mol. The summed E-state index contributed by atoms with van der Waals surface area (Å²) in [5.74, 6) is -2.12. The van der Waals surface area contributed by atoms with Gasteiger partial charge >= 0.3 is 21.3 Å². The van der Waals surface area contributed by atoms with Crippen LogP contribution in [0.3, 0.4) is 0 Å². The minimum absolute atomic E-state index is 0.224. The van der Waals surface area contributed by atoms with Crippen LogP contribution in [0, 0.1) is 11.8 Å². The number of esters is 1. The van der Waals surface area contributed by atoms with E-state index in [0.29, 0.717) is 12.8 Å². The minimum atomic E-state index is -5.99. The normalized spacial score (nSPS) is 25.6. The molecule has 1 rings (SSSR count). The van der Waals surface area contributed by atoms with Gasteiger partial charge in [-0.05, 0) is 46.5 Å². The second kappa shape index (κ2) is 7.84. The molecule has 0 amide bonds. The average molecular weight is 420 g/mol. The van der Waals surface area contributed by atoms with Crippen molar-refractivity contribution in [3.05, 3.63) is 0 Å². The number of ether oxygens (including phenoxy) is 2. The first-order valence-corrected chi connectivity index (χ1v) is 9.59. The lowest BCUT2D eigenvalue weighted by Gasteiger charge is -2.50. The Bertz CT molecular complexity index is 637. The second-order valence-corrected chi connectivity index (χ2v) is 9.42. The van der Waals surface area contributed by atoms with Gasteiger partial charge in [-0.2, -0.15) is 17.2 Å². The van der Waals surface area contributed by atoms with Crippen molar-refractivity contribution in [2.75, 3.05) is 6.61 Å². The van der Waals surface area contributed by atoms with Crippen LogP contribution in [0.1, 0.15) is 40.5 Å². The first-order valence-electron chi connectivity index (χ1n) is 8.15. The average Bonchev–Trinajstić information content (AvgIpc) is 2.39. The molecular formula is C15H26F2O9S. The van der Waals surface area contributed by atoms with Crippen molar-refractivity contribution in [1.82, 2.24) is 0 Å². The highest BCUT2D eigenvalue weighted by Gasteiger charge is 2.54. The number of halogens is 2. The fourth-order valence-electron chi connectivity index (χ4n) is 3.03. The molecule has 0 spiro atoms. The number of aliphatic hydroxyl groups excluding tert-OH is 1. The lowest BCUT2D eigenvalue weighted by Crippen LogP contribution is -2.55. The van der Waals surface area contributed by atoms with Crippen LogP contribution >= 0.6 is 0 Å². The third kappa shape index (κ3) is 6.29. The lowest BCUT2D eigenvalue weighted by molar-refractivity contribution is -0.219. The Morgan fingerprint density at radius 1 is 1.22 bits per heavy atom. The van der Waals surface area contributed by atoms with E-state index in [1.54, 1.807) is 13.8 Å². The number of aliphatic hydroxyl groups is 3. The maximum absolute atomic E-state index is 13.2. The Morgan fingerprint density at radius 3 is 2.15 bits per heavy atom. The summed E-state index contributed by atoms with van der Waals surface area (Å²) >= 11 is 0. The van der Waals surface area contributed by atoms with Crippen LogP contribution in [0.4, 0.5) is 8.78 Å². The van der Waals surface area contributed by atoms with E-state index in [9.17, 15) is 32.2 Å². The summed E-state index contributed by atoms with van der Waals surface area (Å²) in [4.78, 5) is 11.6. The van der Waals surface area contributed by atoms with Crippen molar-refractivity contribution in [1.29, 1.82) is 0 Å². The van der Waals surface area contributed by atoms with Crippen LogP contribution < -0.4 is 0 Å². The number of hydrogen-bond donors (Lipinski definition) is 4. The molecule has 0 heterocycles. The van der Waals surface area contributed by atoms with Crippen molar-refractivity contribution < 1.29 is 51.3 Å².